The molecule has 1 amide bonds. The van der Waals surface area contributed by atoms with Gasteiger partial charge in [-0.15, -0.1) is 10.2 Å². The summed E-state index contributed by atoms with van der Waals surface area (Å²) in [4.78, 5) is 20.4. The maximum atomic E-state index is 13.0. The number of halogens is 1. The lowest BCUT2D eigenvalue weighted by Gasteiger charge is -2.35. The predicted octanol–water partition coefficient (Wildman–Crippen LogP) is 2.64. The molecular weight excluding hydrogens is 345 g/mol. The second-order valence-corrected chi connectivity index (χ2v) is 6.30. The van der Waals surface area contributed by atoms with Gasteiger partial charge in [-0.3, -0.25) is 9.78 Å². The van der Waals surface area contributed by atoms with Crippen LogP contribution in [0.15, 0.2) is 60.9 Å². The highest BCUT2D eigenvalue weighted by atomic mass is 19.1. The molecular formula is C20H18FN5O. The summed E-state index contributed by atoms with van der Waals surface area (Å²) in [5.74, 6) is 0.522. The number of carbonyl (C=O) groups is 1. The van der Waals surface area contributed by atoms with Gasteiger partial charge in [0.15, 0.2) is 5.82 Å². The summed E-state index contributed by atoms with van der Waals surface area (Å²) in [7, 11) is 0. The fourth-order valence-corrected chi connectivity index (χ4v) is 3.08. The molecule has 7 heteroatoms. The second-order valence-electron chi connectivity index (χ2n) is 6.30. The van der Waals surface area contributed by atoms with Crippen molar-refractivity contribution in [3.63, 3.8) is 0 Å². The molecule has 27 heavy (non-hydrogen) atoms. The van der Waals surface area contributed by atoms with Crippen molar-refractivity contribution in [3.05, 3.63) is 72.3 Å². The van der Waals surface area contributed by atoms with Gasteiger partial charge < -0.3 is 9.80 Å². The first kappa shape index (κ1) is 17.1. The van der Waals surface area contributed by atoms with Gasteiger partial charge in [-0.2, -0.15) is 0 Å². The Bertz CT molecular complexity index is 907. The lowest BCUT2D eigenvalue weighted by Crippen LogP contribution is -2.49. The highest BCUT2D eigenvalue weighted by Gasteiger charge is 2.23. The van der Waals surface area contributed by atoms with Crippen LogP contribution >= 0.6 is 0 Å². The number of aromatic nitrogens is 3. The van der Waals surface area contributed by atoms with Crippen LogP contribution in [0.5, 0.6) is 0 Å². The molecule has 1 aliphatic rings. The van der Waals surface area contributed by atoms with E-state index in [9.17, 15) is 9.18 Å². The monoisotopic (exact) mass is 363 g/mol. The molecule has 3 heterocycles. The maximum Gasteiger partial charge on any atom is 0.254 e. The zero-order valence-electron chi connectivity index (χ0n) is 14.6. The predicted molar refractivity (Wildman–Crippen MR) is 99.8 cm³/mol. The average molecular weight is 363 g/mol. The molecule has 6 nitrogen and oxygen atoms in total. The summed E-state index contributed by atoms with van der Waals surface area (Å²) in [6.07, 6.45) is 3.25. The number of piperazine rings is 1. The highest BCUT2D eigenvalue weighted by molar-refractivity contribution is 5.94. The Morgan fingerprint density at radius 3 is 2.19 bits per heavy atom. The molecule has 1 aromatic carbocycles. The summed E-state index contributed by atoms with van der Waals surface area (Å²) in [6.45, 7) is 2.65. The van der Waals surface area contributed by atoms with Crippen LogP contribution in [0.25, 0.3) is 11.3 Å². The molecule has 2 aromatic heterocycles. The molecule has 4 rings (SSSR count). The van der Waals surface area contributed by atoms with E-state index in [1.165, 1.54) is 12.1 Å². The minimum atomic E-state index is -0.275. The summed E-state index contributed by atoms with van der Waals surface area (Å²) in [6, 6.07) is 13.4. The zero-order valence-corrected chi connectivity index (χ0v) is 14.6. The summed E-state index contributed by atoms with van der Waals surface area (Å²) >= 11 is 0. The Kier molecular flexibility index (Phi) is 4.74. The number of rotatable bonds is 3. The van der Waals surface area contributed by atoms with Crippen LogP contribution in [0.2, 0.25) is 0 Å². The van der Waals surface area contributed by atoms with Crippen molar-refractivity contribution in [1.29, 1.82) is 0 Å². The van der Waals surface area contributed by atoms with E-state index in [-0.39, 0.29) is 11.7 Å². The van der Waals surface area contributed by atoms with Crippen molar-refractivity contribution < 1.29 is 9.18 Å². The molecule has 1 fully saturated rings. The second kappa shape index (κ2) is 7.49. The smallest absolute Gasteiger partial charge is 0.254 e. The quantitative estimate of drug-likeness (QED) is 0.716. The molecule has 0 aliphatic carbocycles. The number of benzene rings is 1. The van der Waals surface area contributed by atoms with Crippen molar-refractivity contribution in [2.45, 2.75) is 0 Å². The van der Waals surface area contributed by atoms with E-state index in [0.29, 0.717) is 37.4 Å². The van der Waals surface area contributed by atoms with Crippen LogP contribution in [-0.4, -0.2) is 52.2 Å². The van der Waals surface area contributed by atoms with Crippen molar-refractivity contribution in [1.82, 2.24) is 20.1 Å². The molecule has 0 unspecified atom stereocenters. The van der Waals surface area contributed by atoms with Crippen LogP contribution in [0, 0.1) is 5.82 Å². The first-order valence-electron chi connectivity index (χ1n) is 8.74. The summed E-state index contributed by atoms with van der Waals surface area (Å²) in [5.41, 5.74) is 2.18. The van der Waals surface area contributed by atoms with Crippen molar-refractivity contribution in [3.8, 4) is 11.3 Å². The van der Waals surface area contributed by atoms with Gasteiger partial charge in [0.25, 0.3) is 5.91 Å². The number of hydrogen-bond donors (Lipinski definition) is 0. The van der Waals surface area contributed by atoms with Crippen LogP contribution in [0.1, 0.15) is 10.4 Å². The third-order valence-corrected chi connectivity index (χ3v) is 4.61. The molecule has 0 spiro atoms. The van der Waals surface area contributed by atoms with Crippen LogP contribution in [-0.2, 0) is 0 Å². The minimum absolute atomic E-state index is 0.0230. The van der Waals surface area contributed by atoms with E-state index >= 15 is 0 Å². The number of pyridine rings is 1. The molecule has 1 aliphatic heterocycles. The number of anilines is 1. The number of hydrogen-bond acceptors (Lipinski definition) is 5. The van der Waals surface area contributed by atoms with E-state index in [2.05, 4.69) is 20.1 Å². The molecule has 0 bridgehead atoms. The molecule has 136 valence electrons. The van der Waals surface area contributed by atoms with Crippen LogP contribution in [0.3, 0.4) is 0 Å². The fraction of sp³-hybridized carbons (Fsp3) is 0.200. The molecule has 0 saturated carbocycles. The SMILES string of the molecule is O=C(c1ccncc1)N1CCN(c2ccc(-c3ccc(F)cc3)nn2)CC1. The number of carbonyl (C=O) groups excluding carboxylic acids is 1. The lowest BCUT2D eigenvalue weighted by atomic mass is 10.1. The Morgan fingerprint density at radius 1 is 0.852 bits per heavy atom. The van der Waals surface area contributed by atoms with Crippen molar-refractivity contribution in [2.75, 3.05) is 31.1 Å². The van der Waals surface area contributed by atoms with Crippen LogP contribution in [0.4, 0.5) is 10.2 Å². The number of amides is 1. The summed E-state index contributed by atoms with van der Waals surface area (Å²) in [5, 5.41) is 8.55. The topological polar surface area (TPSA) is 62.2 Å². The van der Waals surface area contributed by atoms with E-state index in [1.54, 1.807) is 36.7 Å². The minimum Gasteiger partial charge on any atom is -0.352 e. The van der Waals surface area contributed by atoms with Gasteiger partial charge in [0.05, 0.1) is 5.69 Å². The molecule has 3 aromatic rings. The average Bonchev–Trinajstić information content (AvgIpc) is 2.75. The van der Waals surface area contributed by atoms with Gasteiger partial charge in [-0.1, -0.05) is 0 Å². The normalized spacial score (nSPS) is 14.3. The Morgan fingerprint density at radius 2 is 1.56 bits per heavy atom. The van der Waals surface area contributed by atoms with Crippen LogP contribution < -0.4 is 4.90 Å². The molecule has 0 atom stereocenters. The fourth-order valence-electron chi connectivity index (χ4n) is 3.08. The van der Waals surface area contributed by atoms with Crippen molar-refractivity contribution in [2.24, 2.45) is 0 Å². The Hall–Kier alpha value is -3.35. The third-order valence-electron chi connectivity index (χ3n) is 4.61. The molecule has 1 saturated heterocycles. The Balaban J connectivity index is 1.39. The molecule has 0 N–H and O–H groups in total. The standard InChI is InChI=1S/C20H18FN5O/c21-17-3-1-15(2-4-17)18-5-6-19(24-23-18)25-11-13-26(14-12-25)20(27)16-7-9-22-10-8-16/h1-10H,11-14H2. The zero-order chi connectivity index (χ0) is 18.6. The first-order chi connectivity index (χ1) is 13.2. The largest absolute Gasteiger partial charge is 0.352 e. The number of nitrogens with zero attached hydrogens (tertiary/aromatic N) is 5. The van der Waals surface area contributed by atoms with Gasteiger partial charge in [-0.05, 0) is 48.5 Å². The Labute approximate surface area is 156 Å². The van der Waals surface area contributed by atoms with Gasteiger partial charge in [-0.25, -0.2) is 4.39 Å². The van der Waals surface area contributed by atoms with E-state index in [1.807, 2.05) is 17.0 Å². The first-order valence-corrected chi connectivity index (χ1v) is 8.74. The van der Waals surface area contributed by atoms with E-state index < -0.39 is 0 Å². The maximum absolute atomic E-state index is 13.0. The highest BCUT2D eigenvalue weighted by Crippen LogP contribution is 2.20. The van der Waals surface area contributed by atoms with Gasteiger partial charge in [0, 0.05) is 49.7 Å². The van der Waals surface area contributed by atoms with Crippen molar-refractivity contribution >= 4 is 11.7 Å². The van der Waals surface area contributed by atoms with Gasteiger partial charge >= 0.3 is 0 Å². The lowest BCUT2D eigenvalue weighted by molar-refractivity contribution is 0.0746. The van der Waals surface area contributed by atoms with Gasteiger partial charge in [0.1, 0.15) is 5.82 Å². The third kappa shape index (κ3) is 3.76. The van der Waals surface area contributed by atoms with E-state index in [4.69, 9.17) is 0 Å². The van der Waals surface area contributed by atoms with E-state index in [0.717, 1.165) is 11.4 Å². The van der Waals surface area contributed by atoms with Gasteiger partial charge in [0.2, 0.25) is 0 Å². The molecule has 0 radical (unpaired) electrons. The summed E-state index contributed by atoms with van der Waals surface area (Å²) < 4.78 is 13.0.